The molecule has 0 aromatic heterocycles. The highest BCUT2D eigenvalue weighted by Crippen LogP contribution is 2.21. The van der Waals surface area contributed by atoms with Crippen molar-refractivity contribution >= 4 is 38.5 Å². The quantitative estimate of drug-likeness (QED) is 0.297. The summed E-state index contributed by atoms with van der Waals surface area (Å²) in [7, 11) is -4.16. The lowest BCUT2D eigenvalue weighted by Crippen LogP contribution is -2.54. The molecule has 3 amide bonds. The van der Waals surface area contributed by atoms with Gasteiger partial charge in [-0.2, -0.15) is 4.72 Å². The van der Waals surface area contributed by atoms with Crippen LogP contribution in [0.25, 0.3) is 10.8 Å². The van der Waals surface area contributed by atoms with Crippen LogP contribution in [0.1, 0.15) is 45.2 Å². The fourth-order valence-corrected chi connectivity index (χ4v) is 5.20. The minimum atomic E-state index is -4.16. The summed E-state index contributed by atoms with van der Waals surface area (Å²) in [6, 6.07) is 13.3. The third-order valence-corrected chi connectivity index (χ3v) is 7.50. The van der Waals surface area contributed by atoms with Gasteiger partial charge in [0, 0.05) is 17.5 Å². The molecule has 0 saturated heterocycles. The topological polar surface area (TPSA) is 133 Å². The van der Waals surface area contributed by atoms with Crippen LogP contribution in [-0.4, -0.2) is 43.8 Å². The third kappa shape index (κ3) is 8.33. The summed E-state index contributed by atoms with van der Waals surface area (Å²) in [5, 5.41) is 8.99. The second kappa shape index (κ2) is 12.6. The largest absolute Gasteiger partial charge is 0.351 e. The molecule has 3 rings (SSSR count). The average Bonchev–Trinajstić information content (AvgIpc) is 2.87. The van der Waals surface area contributed by atoms with Crippen LogP contribution >= 0.6 is 0 Å². The summed E-state index contributed by atoms with van der Waals surface area (Å²) >= 11 is 0. The zero-order valence-corrected chi connectivity index (χ0v) is 24.0. The lowest BCUT2D eigenvalue weighted by atomic mass is 10.0. The van der Waals surface area contributed by atoms with Crippen LogP contribution in [0.3, 0.4) is 0 Å². The molecule has 0 saturated carbocycles. The van der Waals surface area contributed by atoms with E-state index < -0.39 is 51.8 Å². The molecule has 0 aliphatic carbocycles. The fourth-order valence-electron chi connectivity index (χ4n) is 4.01. The lowest BCUT2D eigenvalue weighted by molar-refractivity contribution is -0.131. The monoisotopic (exact) mass is 570 g/mol. The number of benzene rings is 3. The van der Waals surface area contributed by atoms with Crippen molar-refractivity contribution in [3.05, 3.63) is 77.6 Å². The Morgan fingerprint density at radius 3 is 2.15 bits per heavy atom. The second-order valence-corrected chi connectivity index (χ2v) is 12.4. The highest BCUT2D eigenvalue weighted by molar-refractivity contribution is 7.89. The van der Waals surface area contributed by atoms with Crippen molar-refractivity contribution < 1.29 is 27.2 Å². The molecular weight excluding hydrogens is 535 g/mol. The van der Waals surface area contributed by atoms with Crippen molar-refractivity contribution in [1.29, 1.82) is 0 Å². The summed E-state index contributed by atoms with van der Waals surface area (Å²) in [5.41, 5.74) is 0.934. The molecule has 40 heavy (non-hydrogen) atoms. The molecule has 214 valence electrons. The molecule has 11 heteroatoms. The molecule has 0 unspecified atom stereocenters. The molecule has 0 radical (unpaired) electrons. The van der Waals surface area contributed by atoms with Gasteiger partial charge in [0.25, 0.3) is 0 Å². The maximum atomic E-state index is 14.1. The predicted octanol–water partition coefficient (Wildman–Crippen LogP) is 3.06. The van der Waals surface area contributed by atoms with E-state index in [2.05, 4.69) is 20.7 Å². The third-order valence-electron chi connectivity index (χ3n) is 6.02. The summed E-state index contributed by atoms with van der Waals surface area (Å²) in [4.78, 5) is 38.5. The van der Waals surface area contributed by atoms with Gasteiger partial charge >= 0.3 is 0 Å². The fraction of sp³-hybridized carbons (Fsp3) is 0.345. The molecule has 0 aliphatic rings. The average molecular weight is 571 g/mol. The molecule has 0 fully saturated rings. The Bertz CT molecular complexity index is 1500. The first-order valence-corrected chi connectivity index (χ1v) is 14.3. The standard InChI is InChI=1S/C29H35FN4O5S/c1-18-10-13-21(14-11-18)40(38,39)34-25(16-26(35)33-29(3,4)5)28(37)32-19(2)27(36)31-17-20-12-15-24(30)23-9-7-6-8-22(20)23/h6-15,19,25,34H,16-17H2,1-5H3,(H,31,36)(H,32,37)(H,33,35)/t19-,25-/m0/s1. The number of fused-ring (bicyclic) bond motifs is 1. The molecule has 0 heterocycles. The number of amides is 3. The van der Waals surface area contributed by atoms with E-state index >= 15 is 0 Å². The summed E-state index contributed by atoms with van der Waals surface area (Å²) in [6.45, 7) is 8.60. The van der Waals surface area contributed by atoms with E-state index in [1.54, 1.807) is 63.2 Å². The lowest BCUT2D eigenvalue weighted by Gasteiger charge is -2.24. The smallest absolute Gasteiger partial charge is 0.242 e. The van der Waals surface area contributed by atoms with E-state index in [1.807, 2.05) is 6.92 Å². The number of rotatable bonds is 10. The van der Waals surface area contributed by atoms with Crippen LogP contribution in [-0.2, 0) is 31.0 Å². The highest BCUT2D eigenvalue weighted by Gasteiger charge is 2.31. The van der Waals surface area contributed by atoms with Crippen molar-refractivity contribution in [2.75, 3.05) is 0 Å². The Balaban J connectivity index is 1.72. The first-order chi connectivity index (χ1) is 18.7. The van der Waals surface area contributed by atoms with E-state index in [4.69, 9.17) is 0 Å². The van der Waals surface area contributed by atoms with Gasteiger partial charge in [-0.3, -0.25) is 14.4 Å². The summed E-state index contributed by atoms with van der Waals surface area (Å²) < 4.78 is 42.4. The molecule has 3 aromatic rings. The zero-order chi connectivity index (χ0) is 29.7. The number of hydrogen-bond donors (Lipinski definition) is 4. The van der Waals surface area contributed by atoms with Gasteiger partial charge < -0.3 is 16.0 Å². The number of halogens is 1. The van der Waals surface area contributed by atoms with Gasteiger partial charge in [-0.25, -0.2) is 12.8 Å². The second-order valence-electron chi connectivity index (χ2n) is 10.7. The van der Waals surface area contributed by atoms with Gasteiger partial charge in [0.15, 0.2) is 0 Å². The molecule has 0 spiro atoms. The van der Waals surface area contributed by atoms with Crippen LogP contribution in [0.4, 0.5) is 4.39 Å². The van der Waals surface area contributed by atoms with Gasteiger partial charge in [0.2, 0.25) is 27.7 Å². The Kier molecular flexibility index (Phi) is 9.65. The minimum Gasteiger partial charge on any atom is -0.351 e. The van der Waals surface area contributed by atoms with Crippen LogP contribution in [0.15, 0.2) is 65.6 Å². The number of hydrogen-bond acceptors (Lipinski definition) is 5. The van der Waals surface area contributed by atoms with E-state index in [9.17, 15) is 27.2 Å². The van der Waals surface area contributed by atoms with Crippen LogP contribution in [0.5, 0.6) is 0 Å². The number of carbonyl (C=O) groups excluding carboxylic acids is 3. The normalized spacial score (nSPS) is 13.3. The van der Waals surface area contributed by atoms with Crippen molar-refractivity contribution in [2.24, 2.45) is 0 Å². The predicted molar refractivity (Wildman–Crippen MR) is 151 cm³/mol. The van der Waals surface area contributed by atoms with E-state index in [0.29, 0.717) is 16.3 Å². The molecule has 4 N–H and O–H groups in total. The Hall–Kier alpha value is -3.83. The van der Waals surface area contributed by atoms with Gasteiger partial charge in [-0.15, -0.1) is 0 Å². The van der Waals surface area contributed by atoms with Crippen molar-refractivity contribution in [2.45, 2.75) is 70.1 Å². The van der Waals surface area contributed by atoms with Crippen molar-refractivity contribution in [1.82, 2.24) is 20.7 Å². The zero-order valence-electron chi connectivity index (χ0n) is 23.2. The van der Waals surface area contributed by atoms with Crippen LogP contribution < -0.4 is 20.7 Å². The minimum absolute atomic E-state index is 0.0653. The molecule has 9 nitrogen and oxygen atoms in total. The first kappa shape index (κ1) is 30.7. The Morgan fingerprint density at radius 2 is 1.52 bits per heavy atom. The maximum absolute atomic E-state index is 14.1. The summed E-state index contributed by atoms with van der Waals surface area (Å²) in [5.74, 6) is -2.30. The van der Waals surface area contributed by atoms with Crippen molar-refractivity contribution in [3.63, 3.8) is 0 Å². The number of aryl methyl sites for hydroxylation is 1. The van der Waals surface area contributed by atoms with Gasteiger partial charge in [-0.1, -0.05) is 48.0 Å². The van der Waals surface area contributed by atoms with Crippen LogP contribution in [0.2, 0.25) is 0 Å². The van der Waals surface area contributed by atoms with Gasteiger partial charge in [0.1, 0.15) is 17.9 Å². The molecule has 0 aliphatic heterocycles. The van der Waals surface area contributed by atoms with E-state index in [1.165, 1.54) is 25.1 Å². The summed E-state index contributed by atoms with van der Waals surface area (Å²) in [6.07, 6.45) is -0.482. The van der Waals surface area contributed by atoms with E-state index in [-0.39, 0.29) is 17.3 Å². The number of carbonyl (C=O) groups is 3. The molecule has 0 bridgehead atoms. The molecule has 2 atom stereocenters. The van der Waals surface area contributed by atoms with Gasteiger partial charge in [0.05, 0.1) is 11.3 Å². The SMILES string of the molecule is Cc1ccc(S(=O)(=O)N[C@@H](CC(=O)NC(C)(C)C)C(=O)N[C@@H](C)C(=O)NCc2ccc(F)c3ccccc23)cc1. The Morgan fingerprint density at radius 1 is 0.900 bits per heavy atom. The highest BCUT2D eigenvalue weighted by atomic mass is 32.2. The first-order valence-electron chi connectivity index (χ1n) is 12.8. The maximum Gasteiger partial charge on any atom is 0.242 e. The van der Waals surface area contributed by atoms with Crippen molar-refractivity contribution in [3.8, 4) is 0 Å². The number of sulfonamides is 1. The molecule has 3 aromatic carbocycles. The Labute approximate surface area is 234 Å². The molecular formula is C29H35FN4O5S. The van der Waals surface area contributed by atoms with Crippen LogP contribution in [0, 0.1) is 12.7 Å². The van der Waals surface area contributed by atoms with Gasteiger partial charge in [-0.05, 0) is 63.8 Å². The number of nitrogens with one attached hydrogen (secondary N) is 4. The van der Waals surface area contributed by atoms with E-state index in [0.717, 1.165) is 5.56 Å².